The van der Waals surface area contributed by atoms with Gasteiger partial charge < -0.3 is 19.3 Å². The third-order valence-corrected chi connectivity index (χ3v) is 15.1. The minimum absolute atomic E-state index is 1.03. The van der Waals surface area contributed by atoms with Crippen LogP contribution in [0.3, 0.4) is 0 Å². The Hall–Kier alpha value is -10.4. The maximum atomic E-state index is 2.52. The van der Waals surface area contributed by atoms with E-state index in [9.17, 15) is 0 Å². The van der Waals surface area contributed by atoms with Crippen LogP contribution in [0.4, 0.5) is 51.2 Å². The Labute approximate surface area is 454 Å². The molecule has 0 N–H and O–H groups in total. The van der Waals surface area contributed by atoms with Crippen LogP contribution in [0.5, 0.6) is 0 Å². The van der Waals surface area contributed by atoms with Gasteiger partial charge in [-0.25, -0.2) is 0 Å². The van der Waals surface area contributed by atoms with Gasteiger partial charge in [0.2, 0.25) is 0 Å². The lowest BCUT2D eigenvalue weighted by Gasteiger charge is -2.32. The van der Waals surface area contributed by atoms with Crippen molar-refractivity contribution >= 4 is 94.5 Å². The van der Waals surface area contributed by atoms with Crippen LogP contribution in [0.1, 0.15) is 0 Å². The first kappa shape index (κ1) is 46.1. The fourth-order valence-corrected chi connectivity index (χ4v) is 11.6. The lowest BCUT2D eigenvalue weighted by Crippen LogP contribution is -2.14. The summed E-state index contributed by atoms with van der Waals surface area (Å²) < 4.78 is 2.52. The van der Waals surface area contributed by atoms with Crippen LogP contribution in [-0.2, 0) is 0 Å². The zero-order valence-corrected chi connectivity index (χ0v) is 42.8. The van der Waals surface area contributed by atoms with Crippen molar-refractivity contribution in [3.63, 3.8) is 0 Å². The Morgan fingerprint density at radius 1 is 0.192 bits per heavy atom. The van der Waals surface area contributed by atoms with Gasteiger partial charge in [0.25, 0.3) is 0 Å². The molecule has 1 heterocycles. The van der Waals surface area contributed by atoms with E-state index in [1.807, 2.05) is 0 Å². The lowest BCUT2D eigenvalue weighted by molar-refractivity contribution is 1.21. The Balaban J connectivity index is 1.08. The maximum Gasteiger partial charge on any atom is 0.0620 e. The molecule has 0 bridgehead atoms. The number of aromatic nitrogens is 1. The van der Waals surface area contributed by atoms with Crippen molar-refractivity contribution in [2.24, 2.45) is 0 Å². The average molecular weight is 997 g/mol. The molecule has 0 radical (unpaired) electrons. The molecule has 14 rings (SSSR count). The number of benzene rings is 13. The molecule has 0 saturated heterocycles. The molecule has 4 heteroatoms. The lowest BCUT2D eigenvalue weighted by atomic mass is 9.91. The van der Waals surface area contributed by atoms with E-state index in [1.165, 1.54) is 16.3 Å². The third kappa shape index (κ3) is 8.30. The van der Waals surface area contributed by atoms with E-state index in [1.54, 1.807) is 0 Å². The molecule has 0 aliphatic rings. The Kier molecular flexibility index (Phi) is 11.8. The summed E-state index contributed by atoms with van der Waals surface area (Å²) in [6.07, 6.45) is 0. The van der Waals surface area contributed by atoms with Gasteiger partial charge in [-0.3, -0.25) is 0 Å². The van der Waals surface area contributed by atoms with Gasteiger partial charge in [0.15, 0.2) is 0 Å². The highest BCUT2D eigenvalue weighted by molar-refractivity contribution is 6.23. The summed E-state index contributed by atoms with van der Waals surface area (Å²) in [6, 6.07) is 114. The van der Waals surface area contributed by atoms with Crippen molar-refractivity contribution in [3.8, 4) is 27.9 Å². The Bertz CT molecular complexity index is 4130. The van der Waals surface area contributed by atoms with E-state index in [-0.39, 0.29) is 0 Å². The first-order valence-corrected chi connectivity index (χ1v) is 26.7. The molecular weight excluding hydrogens is 945 g/mol. The highest BCUT2D eigenvalue weighted by Crippen LogP contribution is 2.51. The molecule has 0 aliphatic heterocycles. The van der Waals surface area contributed by atoms with Crippen molar-refractivity contribution in [1.29, 1.82) is 0 Å². The van der Waals surface area contributed by atoms with Gasteiger partial charge in [0.1, 0.15) is 0 Å². The molecule has 14 aromatic rings. The Morgan fingerprint density at radius 2 is 0.500 bits per heavy atom. The quantitative estimate of drug-likeness (QED) is 0.113. The topological polar surface area (TPSA) is 14.7 Å². The molecule has 78 heavy (non-hydrogen) atoms. The van der Waals surface area contributed by atoms with E-state index < -0.39 is 0 Å². The number of fused-ring (bicyclic) bond motifs is 5. The summed E-state index contributed by atoms with van der Waals surface area (Å²) in [5.41, 5.74) is 17.7. The summed E-state index contributed by atoms with van der Waals surface area (Å²) in [6.45, 7) is 0. The number of hydrogen-bond donors (Lipinski definition) is 0. The maximum absolute atomic E-state index is 2.52. The van der Waals surface area contributed by atoms with Gasteiger partial charge in [-0.05, 0) is 144 Å². The molecule has 0 amide bonds. The van der Waals surface area contributed by atoms with Crippen LogP contribution < -0.4 is 14.7 Å². The van der Waals surface area contributed by atoms with Crippen molar-refractivity contribution < 1.29 is 0 Å². The van der Waals surface area contributed by atoms with Gasteiger partial charge in [-0.15, -0.1) is 0 Å². The Morgan fingerprint density at radius 3 is 0.897 bits per heavy atom. The first-order valence-electron chi connectivity index (χ1n) is 26.7. The number of rotatable bonds is 12. The normalized spacial score (nSPS) is 11.3. The van der Waals surface area contributed by atoms with E-state index in [0.717, 1.165) is 106 Å². The zero-order valence-electron chi connectivity index (χ0n) is 42.8. The van der Waals surface area contributed by atoms with Gasteiger partial charge >= 0.3 is 0 Å². The second-order valence-corrected chi connectivity index (χ2v) is 19.7. The predicted molar refractivity (Wildman–Crippen MR) is 331 cm³/mol. The number of anilines is 9. The van der Waals surface area contributed by atoms with Gasteiger partial charge in [0, 0.05) is 77.8 Å². The molecular formula is C74H52N4. The van der Waals surface area contributed by atoms with Crippen molar-refractivity contribution in [3.05, 3.63) is 315 Å². The molecule has 0 atom stereocenters. The van der Waals surface area contributed by atoms with E-state index in [4.69, 9.17) is 0 Å². The standard InChI is InChI=1S/C74H52N4/c1-7-23-53(24-8-1)55-40-50-68-69(51-55)73(67-49-39-56(54-25-9-2-10-26-54)52-70(67)74(68)78-71-37-21-19-35-65(71)66-36-20-22-38-72(66)78)77(63-45-41-61(42-46-63)75(57-27-11-3-12-28-57)58-29-13-4-14-30-58)64-47-43-62(44-48-64)76(59-31-15-5-16-32-59)60-33-17-6-18-34-60/h1-52H. The molecule has 4 nitrogen and oxygen atoms in total. The zero-order chi connectivity index (χ0) is 51.8. The molecule has 0 saturated carbocycles. The van der Waals surface area contributed by atoms with Crippen molar-refractivity contribution in [2.75, 3.05) is 14.7 Å². The van der Waals surface area contributed by atoms with E-state index >= 15 is 0 Å². The van der Waals surface area contributed by atoms with Crippen molar-refractivity contribution in [1.82, 2.24) is 4.57 Å². The van der Waals surface area contributed by atoms with Gasteiger partial charge in [0.05, 0.1) is 22.4 Å². The van der Waals surface area contributed by atoms with Crippen LogP contribution in [0.25, 0.3) is 71.3 Å². The largest absolute Gasteiger partial charge is 0.311 e. The average Bonchev–Trinajstić information content (AvgIpc) is 3.91. The summed E-state index contributed by atoms with van der Waals surface area (Å²) in [4.78, 5) is 7.15. The highest BCUT2D eigenvalue weighted by atomic mass is 15.2. The van der Waals surface area contributed by atoms with Gasteiger partial charge in [-0.2, -0.15) is 0 Å². The summed E-state index contributed by atoms with van der Waals surface area (Å²) >= 11 is 0. The van der Waals surface area contributed by atoms with E-state index in [2.05, 4.69) is 335 Å². The monoisotopic (exact) mass is 996 g/mol. The fraction of sp³-hybridized carbons (Fsp3) is 0. The van der Waals surface area contributed by atoms with Crippen LogP contribution in [-0.4, -0.2) is 4.57 Å². The van der Waals surface area contributed by atoms with Crippen LogP contribution >= 0.6 is 0 Å². The summed E-state index contributed by atoms with van der Waals surface area (Å²) in [5, 5.41) is 7.00. The SMILES string of the molecule is c1ccc(-c2ccc3c(-n4c5ccccc5c5ccccc54)c4cc(-c5ccccc5)ccc4c(N(c4ccc(N(c5ccccc5)c5ccccc5)cc4)c4ccc(N(c5ccccc5)c5ccccc5)cc4)c3c2)cc1. The number of para-hydroxylation sites is 6. The molecule has 1 aromatic heterocycles. The second-order valence-electron chi connectivity index (χ2n) is 19.7. The smallest absolute Gasteiger partial charge is 0.0620 e. The second kappa shape index (κ2) is 20.0. The van der Waals surface area contributed by atoms with Crippen LogP contribution in [0.15, 0.2) is 315 Å². The molecule has 13 aromatic carbocycles. The van der Waals surface area contributed by atoms with Crippen LogP contribution in [0, 0.1) is 0 Å². The minimum Gasteiger partial charge on any atom is -0.311 e. The highest BCUT2D eigenvalue weighted by Gasteiger charge is 2.26. The predicted octanol–water partition coefficient (Wildman–Crippen LogP) is 20.8. The first-order chi connectivity index (χ1) is 38.7. The molecule has 0 spiro atoms. The minimum atomic E-state index is 1.03. The molecule has 0 aliphatic carbocycles. The number of hydrogen-bond acceptors (Lipinski definition) is 3. The molecule has 0 unspecified atom stereocenters. The van der Waals surface area contributed by atoms with Crippen LogP contribution in [0.2, 0.25) is 0 Å². The summed E-state index contributed by atoms with van der Waals surface area (Å²) in [7, 11) is 0. The van der Waals surface area contributed by atoms with Gasteiger partial charge in [-0.1, -0.05) is 194 Å². The third-order valence-electron chi connectivity index (χ3n) is 15.1. The van der Waals surface area contributed by atoms with Crippen molar-refractivity contribution in [2.45, 2.75) is 0 Å². The number of nitrogens with zero attached hydrogens (tertiary/aromatic N) is 4. The fourth-order valence-electron chi connectivity index (χ4n) is 11.6. The van der Waals surface area contributed by atoms with E-state index in [0.29, 0.717) is 0 Å². The molecule has 0 fully saturated rings. The summed E-state index contributed by atoms with van der Waals surface area (Å²) in [5.74, 6) is 0. The molecule has 368 valence electrons.